The number of H-pyrrole nitrogens is 1. The molecule has 0 atom stereocenters. The van der Waals surface area contributed by atoms with Crippen LogP contribution in [-0.4, -0.2) is 31.9 Å². The zero-order chi connectivity index (χ0) is 24.6. The topological polar surface area (TPSA) is 117 Å². The molecular formula is C26H25N3O5S. The summed E-state index contributed by atoms with van der Waals surface area (Å²) in [5, 5.41) is 2.80. The first-order valence-corrected chi connectivity index (χ1v) is 13.0. The van der Waals surface area contributed by atoms with E-state index in [4.69, 9.17) is 4.74 Å². The molecule has 9 heteroatoms. The van der Waals surface area contributed by atoms with Crippen molar-refractivity contribution in [1.29, 1.82) is 0 Å². The Bertz CT molecular complexity index is 1460. The van der Waals surface area contributed by atoms with Gasteiger partial charge in [0, 0.05) is 22.6 Å². The first-order valence-electron chi connectivity index (χ1n) is 11.5. The Kier molecular flexibility index (Phi) is 5.94. The fraction of sp³-hybridized carbons (Fsp3) is 0.231. The highest BCUT2D eigenvalue weighted by Gasteiger charge is 2.29. The number of sulfonamides is 1. The summed E-state index contributed by atoms with van der Waals surface area (Å²) >= 11 is 0. The van der Waals surface area contributed by atoms with E-state index in [0.29, 0.717) is 33.9 Å². The van der Waals surface area contributed by atoms with Crippen LogP contribution in [0.2, 0.25) is 0 Å². The molecular weight excluding hydrogens is 466 g/mol. The van der Waals surface area contributed by atoms with E-state index in [1.165, 1.54) is 12.1 Å². The van der Waals surface area contributed by atoms with Crippen LogP contribution in [0.3, 0.4) is 0 Å². The predicted molar refractivity (Wildman–Crippen MR) is 134 cm³/mol. The van der Waals surface area contributed by atoms with Crippen LogP contribution in [0.5, 0.6) is 0 Å². The van der Waals surface area contributed by atoms with Crippen molar-refractivity contribution in [2.75, 3.05) is 16.6 Å². The molecule has 3 aromatic rings. The molecule has 2 aliphatic rings. The molecule has 0 bridgehead atoms. The Balaban J connectivity index is 1.55. The predicted octanol–water partition coefficient (Wildman–Crippen LogP) is 4.36. The number of carbonyl (C=O) groups is 2. The third kappa shape index (κ3) is 4.35. The summed E-state index contributed by atoms with van der Waals surface area (Å²) in [5.74, 6) is -0.741. The smallest absolute Gasteiger partial charge is 0.355 e. The van der Waals surface area contributed by atoms with Crippen LogP contribution in [0.25, 0.3) is 11.6 Å². The van der Waals surface area contributed by atoms with Crippen molar-refractivity contribution in [1.82, 2.24) is 4.98 Å². The number of amides is 1. The minimum atomic E-state index is -3.86. The molecule has 0 radical (unpaired) electrons. The van der Waals surface area contributed by atoms with Crippen LogP contribution in [0.4, 0.5) is 11.4 Å². The first-order chi connectivity index (χ1) is 16.9. The molecule has 8 nitrogen and oxygen atoms in total. The molecule has 0 saturated carbocycles. The maximum atomic E-state index is 13.0. The maximum absolute atomic E-state index is 13.0. The van der Waals surface area contributed by atoms with E-state index in [1.807, 2.05) is 0 Å². The van der Waals surface area contributed by atoms with Gasteiger partial charge in [-0.15, -0.1) is 0 Å². The number of nitrogens with one attached hydrogen (secondary N) is 3. The van der Waals surface area contributed by atoms with Gasteiger partial charge in [0.05, 0.1) is 17.1 Å². The van der Waals surface area contributed by atoms with Gasteiger partial charge in [-0.2, -0.15) is 0 Å². The first kappa shape index (κ1) is 22.9. The number of hydrogen-bond donors (Lipinski definition) is 3. The highest BCUT2D eigenvalue weighted by atomic mass is 32.2. The molecule has 0 fully saturated rings. The average Bonchev–Trinajstić information content (AvgIpc) is 3.37. The van der Waals surface area contributed by atoms with E-state index in [0.717, 1.165) is 36.8 Å². The van der Waals surface area contributed by atoms with Gasteiger partial charge in [-0.3, -0.25) is 9.52 Å². The van der Waals surface area contributed by atoms with E-state index in [9.17, 15) is 18.0 Å². The van der Waals surface area contributed by atoms with E-state index >= 15 is 0 Å². The number of ether oxygens (including phenoxy) is 1. The zero-order valence-electron chi connectivity index (χ0n) is 19.2. The van der Waals surface area contributed by atoms with Gasteiger partial charge in [-0.1, -0.05) is 18.2 Å². The van der Waals surface area contributed by atoms with Gasteiger partial charge in [0.2, 0.25) is 0 Å². The van der Waals surface area contributed by atoms with Gasteiger partial charge >= 0.3 is 5.97 Å². The largest absolute Gasteiger partial charge is 0.461 e. The Morgan fingerprint density at radius 3 is 2.57 bits per heavy atom. The van der Waals surface area contributed by atoms with Crippen molar-refractivity contribution < 1.29 is 22.7 Å². The summed E-state index contributed by atoms with van der Waals surface area (Å²) in [4.78, 5) is 28.6. The number of aromatic amines is 1. The monoisotopic (exact) mass is 491 g/mol. The van der Waals surface area contributed by atoms with E-state index in [2.05, 4.69) is 15.0 Å². The molecule has 0 spiro atoms. The minimum Gasteiger partial charge on any atom is -0.461 e. The Labute approximate surface area is 203 Å². The highest BCUT2D eigenvalue weighted by Crippen LogP contribution is 2.37. The summed E-state index contributed by atoms with van der Waals surface area (Å²) in [5.41, 5.74) is 4.84. The van der Waals surface area contributed by atoms with Crippen LogP contribution >= 0.6 is 0 Å². The quantitative estimate of drug-likeness (QED) is 0.350. The molecule has 0 saturated heterocycles. The SMILES string of the molecule is CCOC(=O)c1[nH]c(C=C2C(=O)Nc3ccc(S(=O)(=O)Nc4ccccc4)cc32)c2c1CCCC2. The van der Waals surface area contributed by atoms with Crippen LogP contribution < -0.4 is 10.0 Å². The van der Waals surface area contributed by atoms with Crippen molar-refractivity contribution in [3.05, 3.63) is 76.6 Å². The second-order valence-electron chi connectivity index (χ2n) is 8.49. The molecule has 3 N–H and O–H groups in total. The molecule has 2 aromatic carbocycles. The van der Waals surface area contributed by atoms with Gasteiger partial charge < -0.3 is 15.0 Å². The number of benzene rings is 2. The number of aromatic nitrogens is 1. The van der Waals surface area contributed by atoms with Crippen molar-refractivity contribution in [2.24, 2.45) is 0 Å². The molecule has 1 amide bonds. The van der Waals surface area contributed by atoms with Crippen LogP contribution in [0.15, 0.2) is 53.4 Å². The van der Waals surface area contributed by atoms with Crippen molar-refractivity contribution in [3.63, 3.8) is 0 Å². The lowest BCUT2D eigenvalue weighted by atomic mass is 9.91. The maximum Gasteiger partial charge on any atom is 0.355 e. The third-order valence-electron chi connectivity index (χ3n) is 6.23. The molecule has 1 aliphatic heterocycles. The zero-order valence-corrected chi connectivity index (χ0v) is 20.0. The van der Waals surface area contributed by atoms with Gasteiger partial charge in [0.1, 0.15) is 5.69 Å². The minimum absolute atomic E-state index is 0.0447. The van der Waals surface area contributed by atoms with Gasteiger partial charge in [-0.25, -0.2) is 13.2 Å². The average molecular weight is 492 g/mol. The normalized spacial score (nSPS) is 15.9. The molecule has 1 aliphatic carbocycles. The Morgan fingerprint density at radius 2 is 1.83 bits per heavy atom. The standard InChI is InChI=1S/C26H25N3O5S/c1-2-34-26(31)24-19-11-7-6-10-18(19)23(27-24)15-21-20-14-17(12-13-22(20)28-25(21)30)35(32,33)29-16-8-4-3-5-9-16/h3-5,8-9,12-15,27,29H,2,6-7,10-11H2,1H3,(H,28,30). The summed E-state index contributed by atoms with van der Waals surface area (Å²) in [6.07, 6.45) is 5.22. The van der Waals surface area contributed by atoms with Crippen molar-refractivity contribution in [2.45, 2.75) is 37.5 Å². The second-order valence-corrected chi connectivity index (χ2v) is 10.2. The van der Waals surface area contributed by atoms with Crippen LogP contribution in [0.1, 0.15) is 52.6 Å². The fourth-order valence-electron chi connectivity index (χ4n) is 4.61. The second kappa shape index (κ2) is 9.07. The highest BCUT2D eigenvalue weighted by molar-refractivity contribution is 7.92. The van der Waals surface area contributed by atoms with Gasteiger partial charge in [-0.05, 0) is 80.1 Å². The fourth-order valence-corrected chi connectivity index (χ4v) is 5.69. The molecule has 180 valence electrons. The number of anilines is 2. The number of esters is 1. The third-order valence-corrected chi connectivity index (χ3v) is 7.61. The molecule has 5 rings (SSSR count). The summed E-state index contributed by atoms with van der Waals surface area (Å²) < 4.78 is 33.7. The number of para-hydroxylation sites is 1. The summed E-state index contributed by atoms with van der Waals surface area (Å²) in [6, 6.07) is 13.1. The lowest BCUT2D eigenvalue weighted by molar-refractivity contribution is -0.110. The van der Waals surface area contributed by atoms with Crippen molar-refractivity contribution in [3.8, 4) is 0 Å². The summed E-state index contributed by atoms with van der Waals surface area (Å²) in [6.45, 7) is 2.03. The number of rotatable bonds is 6. The van der Waals surface area contributed by atoms with Gasteiger partial charge in [0.15, 0.2) is 0 Å². The van der Waals surface area contributed by atoms with Crippen LogP contribution in [-0.2, 0) is 32.4 Å². The Morgan fingerprint density at radius 1 is 1.09 bits per heavy atom. The number of carbonyl (C=O) groups excluding carboxylic acids is 2. The Hall–Kier alpha value is -3.85. The number of fused-ring (bicyclic) bond motifs is 2. The molecule has 35 heavy (non-hydrogen) atoms. The molecule has 2 heterocycles. The lowest BCUT2D eigenvalue weighted by Gasteiger charge is -2.13. The van der Waals surface area contributed by atoms with Gasteiger partial charge in [0.25, 0.3) is 15.9 Å². The molecule has 0 unspecified atom stereocenters. The van der Waals surface area contributed by atoms with Crippen molar-refractivity contribution >= 4 is 44.9 Å². The van der Waals surface area contributed by atoms with E-state index in [-0.39, 0.29) is 17.4 Å². The summed E-state index contributed by atoms with van der Waals surface area (Å²) in [7, 11) is -3.86. The number of hydrogen-bond acceptors (Lipinski definition) is 5. The van der Waals surface area contributed by atoms with Crippen LogP contribution in [0, 0.1) is 0 Å². The van der Waals surface area contributed by atoms with E-state index in [1.54, 1.807) is 49.4 Å². The lowest BCUT2D eigenvalue weighted by Crippen LogP contribution is -2.13. The molecule has 1 aromatic heterocycles. The van der Waals surface area contributed by atoms with E-state index < -0.39 is 16.0 Å².